The predicted molar refractivity (Wildman–Crippen MR) is 80.2 cm³/mol. The van der Waals surface area contributed by atoms with E-state index >= 15 is 0 Å². The molecule has 2 heteroatoms. The SMILES string of the molecule is CCC(NCC1C(C)(C)C1(C)C)c1ccccc1O. The lowest BCUT2D eigenvalue weighted by molar-refractivity contribution is 0.425. The minimum absolute atomic E-state index is 0.244. The standard InChI is InChI=1S/C17H27NO/c1-6-13(12-9-7-8-10-14(12)19)18-11-15-16(2,3)17(15,4)5/h7-10,13,15,18-19H,6,11H2,1-5H3. The Morgan fingerprint density at radius 3 is 2.21 bits per heavy atom. The van der Waals surface area contributed by atoms with Gasteiger partial charge in [-0.2, -0.15) is 0 Å². The van der Waals surface area contributed by atoms with Crippen molar-refractivity contribution in [3.05, 3.63) is 29.8 Å². The van der Waals surface area contributed by atoms with Crippen molar-refractivity contribution in [1.82, 2.24) is 5.32 Å². The second-order valence-corrected chi connectivity index (χ2v) is 6.92. The van der Waals surface area contributed by atoms with Crippen LogP contribution in [-0.4, -0.2) is 11.7 Å². The van der Waals surface area contributed by atoms with Crippen molar-refractivity contribution < 1.29 is 5.11 Å². The summed E-state index contributed by atoms with van der Waals surface area (Å²) in [6, 6.07) is 7.89. The van der Waals surface area contributed by atoms with Crippen molar-refractivity contribution in [1.29, 1.82) is 0 Å². The van der Waals surface area contributed by atoms with Gasteiger partial charge in [0.1, 0.15) is 5.75 Å². The molecular formula is C17H27NO. The molecule has 0 aromatic heterocycles. The molecule has 2 rings (SSSR count). The summed E-state index contributed by atoms with van der Waals surface area (Å²) in [5.41, 5.74) is 1.84. The molecule has 1 fully saturated rings. The molecule has 1 unspecified atom stereocenters. The average molecular weight is 261 g/mol. The van der Waals surface area contributed by atoms with E-state index in [9.17, 15) is 5.11 Å². The highest BCUT2D eigenvalue weighted by Crippen LogP contribution is 2.68. The van der Waals surface area contributed by atoms with Gasteiger partial charge in [-0.25, -0.2) is 0 Å². The van der Waals surface area contributed by atoms with Gasteiger partial charge in [-0.3, -0.25) is 0 Å². The molecule has 0 spiro atoms. The maximum atomic E-state index is 9.96. The Morgan fingerprint density at radius 2 is 1.74 bits per heavy atom. The maximum Gasteiger partial charge on any atom is 0.120 e. The minimum Gasteiger partial charge on any atom is -0.508 e. The first kappa shape index (κ1) is 14.4. The van der Waals surface area contributed by atoms with Crippen LogP contribution in [0.1, 0.15) is 52.6 Å². The van der Waals surface area contributed by atoms with E-state index in [1.807, 2.05) is 18.2 Å². The number of benzene rings is 1. The fraction of sp³-hybridized carbons (Fsp3) is 0.647. The number of phenols is 1. The quantitative estimate of drug-likeness (QED) is 0.836. The Kier molecular flexibility index (Phi) is 3.65. The van der Waals surface area contributed by atoms with E-state index in [1.54, 1.807) is 6.07 Å². The van der Waals surface area contributed by atoms with E-state index in [0.29, 0.717) is 22.5 Å². The van der Waals surface area contributed by atoms with Crippen molar-refractivity contribution in [3.63, 3.8) is 0 Å². The highest BCUT2D eigenvalue weighted by Gasteiger charge is 2.63. The molecule has 1 aromatic rings. The number of para-hydroxylation sites is 1. The van der Waals surface area contributed by atoms with Crippen LogP contribution in [0.3, 0.4) is 0 Å². The first-order valence-corrected chi connectivity index (χ1v) is 7.33. The number of hydrogen-bond acceptors (Lipinski definition) is 2. The number of aromatic hydroxyl groups is 1. The number of phenolic OH excluding ortho intramolecular Hbond substituents is 1. The zero-order valence-corrected chi connectivity index (χ0v) is 12.8. The van der Waals surface area contributed by atoms with E-state index in [1.165, 1.54) is 0 Å². The van der Waals surface area contributed by atoms with Crippen LogP contribution in [0.5, 0.6) is 5.75 Å². The summed E-state index contributed by atoms with van der Waals surface area (Å²) in [6.07, 6.45) is 0.991. The van der Waals surface area contributed by atoms with Gasteiger partial charge in [-0.15, -0.1) is 0 Å². The van der Waals surface area contributed by atoms with Gasteiger partial charge >= 0.3 is 0 Å². The van der Waals surface area contributed by atoms with Gasteiger partial charge in [0.05, 0.1) is 0 Å². The predicted octanol–water partition coefficient (Wildman–Crippen LogP) is 4.12. The minimum atomic E-state index is 0.244. The van der Waals surface area contributed by atoms with E-state index < -0.39 is 0 Å². The van der Waals surface area contributed by atoms with Crippen LogP contribution < -0.4 is 5.32 Å². The lowest BCUT2D eigenvalue weighted by Crippen LogP contribution is -2.24. The molecule has 0 bridgehead atoms. The summed E-state index contributed by atoms with van der Waals surface area (Å²) in [5.74, 6) is 1.11. The zero-order valence-electron chi connectivity index (χ0n) is 12.8. The van der Waals surface area contributed by atoms with Gasteiger partial charge in [-0.1, -0.05) is 52.8 Å². The van der Waals surface area contributed by atoms with Gasteiger partial charge in [-0.05, 0) is 35.8 Å². The Labute approximate surface area is 117 Å². The van der Waals surface area contributed by atoms with Crippen molar-refractivity contribution in [2.45, 2.75) is 47.1 Å². The van der Waals surface area contributed by atoms with Gasteiger partial charge < -0.3 is 10.4 Å². The van der Waals surface area contributed by atoms with Gasteiger partial charge in [0.25, 0.3) is 0 Å². The van der Waals surface area contributed by atoms with E-state index in [0.717, 1.165) is 18.5 Å². The summed E-state index contributed by atoms with van der Waals surface area (Å²) < 4.78 is 0. The third kappa shape index (κ3) is 2.38. The van der Waals surface area contributed by atoms with Crippen LogP contribution in [0.25, 0.3) is 0 Å². The number of nitrogens with one attached hydrogen (secondary N) is 1. The lowest BCUT2D eigenvalue weighted by Gasteiger charge is -2.19. The maximum absolute atomic E-state index is 9.96. The van der Waals surface area contributed by atoms with E-state index in [2.05, 4.69) is 39.9 Å². The van der Waals surface area contributed by atoms with Crippen molar-refractivity contribution in [2.24, 2.45) is 16.7 Å². The largest absolute Gasteiger partial charge is 0.508 e. The van der Waals surface area contributed by atoms with Crippen molar-refractivity contribution >= 4 is 0 Å². The molecule has 0 amide bonds. The van der Waals surface area contributed by atoms with Gasteiger partial charge in [0.15, 0.2) is 0 Å². The average Bonchev–Trinajstić information content (AvgIpc) is 2.73. The molecule has 0 aliphatic heterocycles. The molecule has 1 aliphatic rings. The topological polar surface area (TPSA) is 32.3 Å². The summed E-state index contributed by atoms with van der Waals surface area (Å²) in [5, 5.41) is 13.6. The van der Waals surface area contributed by atoms with Gasteiger partial charge in [0, 0.05) is 11.6 Å². The zero-order chi connectivity index (χ0) is 14.3. The molecule has 0 saturated heterocycles. The normalized spacial score (nSPS) is 22.2. The Balaban J connectivity index is 2.01. The second-order valence-electron chi connectivity index (χ2n) is 6.92. The van der Waals surface area contributed by atoms with Crippen LogP contribution in [-0.2, 0) is 0 Å². The fourth-order valence-corrected chi connectivity index (χ4v) is 3.36. The number of rotatable bonds is 5. The first-order chi connectivity index (χ1) is 8.82. The molecule has 2 N–H and O–H groups in total. The van der Waals surface area contributed by atoms with E-state index in [-0.39, 0.29) is 6.04 Å². The summed E-state index contributed by atoms with van der Waals surface area (Å²) in [6.45, 7) is 12.6. The van der Waals surface area contributed by atoms with Crippen molar-refractivity contribution in [2.75, 3.05) is 6.54 Å². The Bertz CT molecular complexity index is 436. The fourth-order valence-electron chi connectivity index (χ4n) is 3.36. The molecular weight excluding hydrogens is 234 g/mol. The summed E-state index contributed by atoms with van der Waals surface area (Å²) in [7, 11) is 0. The molecule has 0 heterocycles. The summed E-state index contributed by atoms with van der Waals surface area (Å²) in [4.78, 5) is 0. The highest BCUT2D eigenvalue weighted by atomic mass is 16.3. The van der Waals surface area contributed by atoms with Gasteiger partial charge in [0.2, 0.25) is 0 Å². The van der Waals surface area contributed by atoms with Crippen molar-refractivity contribution in [3.8, 4) is 5.75 Å². The van der Waals surface area contributed by atoms with Crippen LogP contribution >= 0.6 is 0 Å². The van der Waals surface area contributed by atoms with Crippen LogP contribution in [0, 0.1) is 16.7 Å². The third-order valence-electron chi connectivity index (χ3n) is 5.61. The molecule has 106 valence electrons. The molecule has 1 atom stereocenters. The Hall–Kier alpha value is -1.02. The highest BCUT2D eigenvalue weighted by molar-refractivity contribution is 5.34. The summed E-state index contributed by atoms with van der Waals surface area (Å²) >= 11 is 0. The smallest absolute Gasteiger partial charge is 0.120 e. The molecule has 2 nitrogen and oxygen atoms in total. The van der Waals surface area contributed by atoms with Crippen LogP contribution in [0.15, 0.2) is 24.3 Å². The molecule has 0 radical (unpaired) electrons. The molecule has 19 heavy (non-hydrogen) atoms. The second kappa shape index (κ2) is 4.82. The van der Waals surface area contributed by atoms with E-state index in [4.69, 9.17) is 0 Å². The van der Waals surface area contributed by atoms with Crippen LogP contribution in [0.2, 0.25) is 0 Å². The Morgan fingerprint density at radius 1 is 1.16 bits per heavy atom. The van der Waals surface area contributed by atoms with Crippen LogP contribution in [0.4, 0.5) is 0 Å². The third-order valence-corrected chi connectivity index (χ3v) is 5.61. The monoisotopic (exact) mass is 261 g/mol. The number of hydrogen-bond donors (Lipinski definition) is 2. The molecule has 1 saturated carbocycles. The molecule has 1 aliphatic carbocycles. The lowest BCUT2D eigenvalue weighted by atomic mass is 10.0. The first-order valence-electron chi connectivity index (χ1n) is 7.33. The molecule has 1 aromatic carbocycles.